The minimum atomic E-state index is 0.432. The number of ether oxygens (including phenoxy) is 2. The van der Waals surface area contributed by atoms with Gasteiger partial charge in [-0.05, 0) is 55.8 Å². The maximum absolute atomic E-state index is 5.81. The molecule has 2 atom stereocenters. The third-order valence-corrected chi connectivity index (χ3v) is 4.15. The van der Waals surface area contributed by atoms with Crippen molar-refractivity contribution < 1.29 is 9.47 Å². The summed E-state index contributed by atoms with van der Waals surface area (Å²) in [5, 5.41) is 3.60. The van der Waals surface area contributed by atoms with Gasteiger partial charge in [0, 0.05) is 19.3 Å². The van der Waals surface area contributed by atoms with Gasteiger partial charge < -0.3 is 14.8 Å². The molecule has 3 rings (SSSR count). The van der Waals surface area contributed by atoms with Crippen LogP contribution in [0.15, 0.2) is 24.3 Å². The Morgan fingerprint density at radius 1 is 1.25 bits per heavy atom. The summed E-state index contributed by atoms with van der Waals surface area (Å²) in [6, 6.07) is 9.08. The fraction of sp³-hybridized carbons (Fsp3) is 0.647. The fourth-order valence-electron chi connectivity index (χ4n) is 2.84. The minimum absolute atomic E-state index is 0.432. The first-order valence-corrected chi connectivity index (χ1v) is 7.93. The van der Waals surface area contributed by atoms with Gasteiger partial charge in [0.1, 0.15) is 5.75 Å². The predicted octanol–water partition coefficient (Wildman–Crippen LogP) is 3.31. The van der Waals surface area contributed by atoms with E-state index in [4.69, 9.17) is 9.47 Å². The number of hydrogen-bond acceptors (Lipinski definition) is 3. The molecule has 0 spiro atoms. The maximum atomic E-state index is 5.81. The van der Waals surface area contributed by atoms with E-state index in [1.165, 1.54) is 24.8 Å². The van der Waals surface area contributed by atoms with Crippen LogP contribution in [0.4, 0.5) is 0 Å². The van der Waals surface area contributed by atoms with Crippen LogP contribution in [-0.2, 0) is 4.74 Å². The van der Waals surface area contributed by atoms with Crippen LogP contribution in [0.1, 0.15) is 44.2 Å². The minimum Gasteiger partial charge on any atom is -0.490 e. The van der Waals surface area contributed by atoms with E-state index < -0.39 is 0 Å². The number of benzene rings is 1. The van der Waals surface area contributed by atoms with Crippen LogP contribution in [-0.4, -0.2) is 25.9 Å². The molecule has 0 amide bonds. The molecule has 1 aliphatic carbocycles. The van der Waals surface area contributed by atoms with Crippen molar-refractivity contribution in [1.82, 2.24) is 5.32 Å². The predicted molar refractivity (Wildman–Crippen MR) is 80.1 cm³/mol. The average Bonchev–Trinajstić information content (AvgIpc) is 3.13. The molecule has 3 nitrogen and oxygen atoms in total. The van der Waals surface area contributed by atoms with Crippen LogP contribution < -0.4 is 10.1 Å². The quantitative estimate of drug-likeness (QED) is 0.828. The molecule has 3 heteroatoms. The lowest BCUT2D eigenvalue weighted by molar-refractivity contribution is 0.181. The Bertz CT molecular complexity index is 408. The first-order chi connectivity index (χ1) is 9.85. The van der Waals surface area contributed by atoms with Crippen LogP contribution in [0, 0.1) is 5.92 Å². The Morgan fingerprint density at radius 3 is 2.65 bits per heavy atom. The zero-order valence-corrected chi connectivity index (χ0v) is 12.3. The molecule has 2 unspecified atom stereocenters. The van der Waals surface area contributed by atoms with Crippen LogP contribution in [0.25, 0.3) is 0 Å². The molecule has 1 N–H and O–H groups in total. The summed E-state index contributed by atoms with van der Waals surface area (Å²) >= 11 is 0. The van der Waals surface area contributed by atoms with Crippen molar-refractivity contribution in [2.75, 3.05) is 19.8 Å². The zero-order valence-electron chi connectivity index (χ0n) is 12.3. The maximum Gasteiger partial charge on any atom is 0.119 e. The van der Waals surface area contributed by atoms with Gasteiger partial charge in [-0.1, -0.05) is 19.1 Å². The number of rotatable bonds is 7. The molecule has 0 aromatic heterocycles. The molecule has 0 bridgehead atoms. The summed E-state index contributed by atoms with van der Waals surface area (Å²) < 4.78 is 11.3. The van der Waals surface area contributed by atoms with Crippen molar-refractivity contribution in [1.29, 1.82) is 0 Å². The highest BCUT2D eigenvalue weighted by atomic mass is 16.5. The highest BCUT2D eigenvalue weighted by Crippen LogP contribution is 2.30. The molecule has 2 fully saturated rings. The van der Waals surface area contributed by atoms with Crippen LogP contribution in [0.5, 0.6) is 5.75 Å². The summed E-state index contributed by atoms with van der Waals surface area (Å²) in [6.45, 7) is 5.02. The van der Waals surface area contributed by atoms with Crippen molar-refractivity contribution in [3.05, 3.63) is 29.8 Å². The molecular weight excluding hydrogens is 250 g/mol. The van der Waals surface area contributed by atoms with Crippen LogP contribution >= 0.6 is 0 Å². The van der Waals surface area contributed by atoms with Crippen LogP contribution in [0.2, 0.25) is 0 Å². The fourth-order valence-corrected chi connectivity index (χ4v) is 2.84. The van der Waals surface area contributed by atoms with E-state index in [-0.39, 0.29) is 0 Å². The van der Waals surface area contributed by atoms with Gasteiger partial charge in [0.25, 0.3) is 0 Å². The van der Waals surface area contributed by atoms with E-state index in [1.807, 2.05) is 0 Å². The monoisotopic (exact) mass is 275 g/mol. The van der Waals surface area contributed by atoms with Gasteiger partial charge in [0.05, 0.1) is 6.10 Å². The molecule has 110 valence electrons. The Kier molecular flexibility index (Phi) is 4.58. The van der Waals surface area contributed by atoms with Gasteiger partial charge in [0.15, 0.2) is 0 Å². The molecule has 1 aromatic carbocycles. The van der Waals surface area contributed by atoms with Crippen molar-refractivity contribution in [3.8, 4) is 5.75 Å². The highest BCUT2D eigenvalue weighted by Gasteiger charge is 2.24. The van der Waals surface area contributed by atoms with Crippen molar-refractivity contribution >= 4 is 0 Å². The lowest BCUT2D eigenvalue weighted by atomic mass is 9.94. The van der Waals surface area contributed by atoms with E-state index in [2.05, 4.69) is 36.5 Å². The second kappa shape index (κ2) is 6.59. The van der Waals surface area contributed by atoms with Gasteiger partial charge in [-0.25, -0.2) is 0 Å². The van der Waals surface area contributed by atoms with Gasteiger partial charge in [0.2, 0.25) is 0 Å². The van der Waals surface area contributed by atoms with Crippen LogP contribution in [0.3, 0.4) is 0 Å². The Labute approximate surface area is 121 Å². The summed E-state index contributed by atoms with van der Waals surface area (Å²) in [5.74, 6) is 1.71. The lowest BCUT2D eigenvalue weighted by Gasteiger charge is -2.21. The Hall–Kier alpha value is -1.06. The third kappa shape index (κ3) is 3.74. The molecular formula is C17H25NO2. The van der Waals surface area contributed by atoms with Gasteiger partial charge in [-0.15, -0.1) is 0 Å². The van der Waals surface area contributed by atoms with Gasteiger partial charge >= 0.3 is 0 Å². The van der Waals surface area contributed by atoms with E-state index in [0.29, 0.717) is 18.1 Å². The van der Waals surface area contributed by atoms with Crippen molar-refractivity contribution in [2.45, 2.75) is 44.8 Å². The first kappa shape index (κ1) is 13.9. The Balaban J connectivity index is 1.62. The molecule has 1 heterocycles. The first-order valence-electron chi connectivity index (χ1n) is 7.93. The normalized spacial score (nSPS) is 23.8. The van der Waals surface area contributed by atoms with Crippen molar-refractivity contribution in [2.24, 2.45) is 5.92 Å². The lowest BCUT2D eigenvalue weighted by Crippen LogP contribution is -2.23. The highest BCUT2D eigenvalue weighted by molar-refractivity contribution is 5.29. The standard InChI is InChI=1S/C17H25NO2/c1-2-18-17(11-13-9-10-19-12-13)14-3-5-15(6-4-14)20-16-7-8-16/h3-6,13,16-18H,2,7-12H2,1H3. The van der Waals surface area contributed by atoms with E-state index >= 15 is 0 Å². The summed E-state index contributed by atoms with van der Waals surface area (Å²) in [6.07, 6.45) is 5.26. The third-order valence-electron chi connectivity index (χ3n) is 4.15. The molecule has 2 aliphatic rings. The average molecular weight is 275 g/mol. The molecule has 0 radical (unpaired) electrons. The van der Waals surface area contributed by atoms with E-state index in [1.54, 1.807) is 0 Å². The number of hydrogen-bond donors (Lipinski definition) is 1. The second-order valence-corrected chi connectivity index (χ2v) is 5.96. The molecule has 1 saturated carbocycles. The topological polar surface area (TPSA) is 30.5 Å². The molecule has 1 aliphatic heterocycles. The van der Waals surface area contributed by atoms with E-state index in [0.717, 1.165) is 31.9 Å². The molecule has 1 aromatic rings. The zero-order chi connectivity index (χ0) is 13.8. The smallest absolute Gasteiger partial charge is 0.119 e. The second-order valence-electron chi connectivity index (χ2n) is 5.96. The van der Waals surface area contributed by atoms with Gasteiger partial charge in [-0.3, -0.25) is 0 Å². The SMILES string of the molecule is CCNC(CC1CCOC1)c1ccc(OC2CC2)cc1. The summed E-state index contributed by atoms with van der Waals surface area (Å²) in [7, 11) is 0. The van der Waals surface area contributed by atoms with E-state index in [9.17, 15) is 0 Å². The summed E-state index contributed by atoms with van der Waals surface area (Å²) in [5.41, 5.74) is 1.36. The Morgan fingerprint density at radius 2 is 2.05 bits per heavy atom. The van der Waals surface area contributed by atoms with Gasteiger partial charge in [-0.2, -0.15) is 0 Å². The summed E-state index contributed by atoms with van der Waals surface area (Å²) in [4.78, 5) is 0. The molecule has 1 saturated heterocycles. The molecule has 20 heavy (non-hydrogen) atoms. The largest absolute Gasteiger partial charge is 0.490 e. The number of nitrogens with one attached hydrogen (secondary N) is 1. The van der Waals surface area contributed by atoms with Crippen molar-refractivity contribution in [3.63, 3.8) is 0 Å².